The summed E-state index contributed by atoms with van der Waals surface area (Å²) in [4.78, 5) is 32.3. The molecule has 29 heavy (non-hydrogen) atoms. The molecule has 1 fully saturated rings. The Morgan fingerprint density at radius 1 is 1.17 bits per heavy atom. The van der Waals surface area contributed by atoms with Crippen LogP contribution in [0.2, 0.25) is 5.02 Å². The van der Waals surface area contributed by atoms with Crippen LogP contribution in [0.15, 0.2) is 64.7 Å². The van der Waals surface area contributed by atoms with Crippen molar-refractivity contribution in [3.63, 3.8) is 0 Å². The van der Waals surface area contributed by atoms with Gasteiger partial charge in [-0.05, 0) is 23.3 Å². The van der Waals surface area contributed by atoms with Crippen molar-refractivity contribution >= 4 is 35.7 Å². The number of nitrogens with zero attached hydrogens (tertiary/aromatic N) is 4. The van der Waals surface area contributed by atoms with Crippen LogP contribution < -0.4 is 10.7 Å². The molecule has 2 N–H and O–H groups in total. The topological polar surface area (TPSA) is 89.4 Å². The zero-order chi connectivity index (χ0) is 20.4. The summed E-state index contributed by atoms with van der Waals surface area (Å²) in [7, 11) is 1.61. The van der Waals surface area contributed by atoms with Gasteiger partial charge in [0.1, 0.15) is 0 Å². The summed E-state index contributed by atoms with van der Waals surface area (Å²) >= 11 is 5.90. The number of urea groups is 1. The highest BCUT2D eigenvalue weighted by molar-refractivity contribution is 6.30. The Balaban J connectivity index is 1.58. The van der Waals surface area contributed by atoms with Gasteiger partial charge < -0.3 is 9.80 Å². The molecule has 0 aromatic heterocycles. The van der Waals surface area contributed by atoms with E-state index in [1.807, 2.05) is 47.4 Å². The molecule has 2 atom stereocenters. The number of carbonyl (C=O) groups is 2. The van der Waals surface area contributed by atoms with Gasteiger partial charge in [-0.15, -0.1) is 0 Å². The number of imide groups is 1. The van der Waals surface area contributed by atoms with Crippen molar-refractivity contribution in [1.29, 1.82) is 0 Å². The third-order valence-corrected chi connectivity index (χ3v) is 5.06. The average Bonchev–Trinajstić information content (AvgIpc) is 3.07. The highest BCUT2D eigenvalue weighted by atomic mass is 35.5. The summed E-state index contributed by atoms with van der Waals surface area (Å²) < 4.78 is 0. The smallest absolute Gasteiger partial charge is 0.321 e. The minimum atomic E-state index is -0.633. The van der Waals surface area contributed by atoms with Gasteiger partial charge in [-0.1, -0.05) is 54.1 Å². The highest BCUT2D eigenvalue weighted by Gasteiger charge is 2.48. The number of benzene rings is 2. The molecule has 2 aromatic rings. The van der Waals surface area contributed by atoms with Crippen LogP contribution in [0.1, 0.15) is 11.1 Å². The molecule has 0 radical (unpaired) electrons. The maximum absolute atomic E-state index is 12.6. The van der Waals surface area contributed by atoms with Gasteiger partial charge in [-0.3, -0.25) is 10.1 Å². The molecule has 148 valence electrons. The summed E-state index contributed by atoms with van der Waals surface area (Å²) in [6.07, 6.45) is 1.02. The van der Waals surface area contributed by atoms with Crippen molar-refractivity contribution in [1.82, 2.24) is 20.5 Å². The van der Waals surface area contributed by atoms with Crippen molar-refractivity contribution in [2.75, 3.05) is 7.05 Å². The third-order valence-electron chi connectivity index (χ3n) is 4.80. The van der Waals surface area contributed by atoms with Gasteiger partial charge >= 0.3 is 6.03 Å². The standard InChI is InChI=1S/C20H19ClN6O2/c1-26-17-16(18(28)24-20(26)29)27(12-14-5-3-2-4-6-14)19(23-17)25-22-11-13-7-9-15(21)10-8-13/h2-11,16-17H,12H2,1H3,(H,23,25)(H,24,28,29)/b22-11+. The lowest BCUT2D eigenvalue weighted by Gasteiger charge is -2.36. The SMILES string of the molecule is CN1C(=O)NC(=O)C2C1N=C(N/N=C/c1ccc(Cl)cc1)N2Cc1ccccc1. The van der Waals surface area contributed by atoms with E-state index in [4.69, 9.17) is 11.6 Å². The lowest BCUT2D eigenvalue weighted by atomic mass is 10.1. The van der Waals surface area contributed by atoms with E-state index in [-0.39, 0.29) is 5.91 Å². The van der Waals surface area contributed by atoms with E-state index >= 15 is 0 Å². The number of rotatable bonds is 4. The Hall–Kier alpha value is -3.39. The first kappa shape index (κ1) is 18.9. The number of carbonyl (C=O) groups excluding carboxylic acids is 2. The molecule has 0 aliphatic carbocycles. The highest BCUT2D eigenvalue weighted by Crippen LogP contribution is 2.25. The fourth-order valence-electron chi connectivity index (χ4n) is 3.29. The molecular weight excluding hydrogens is 392 g/mol. The van der Waals surface area contributed by atoms with E-state index in [2.05, 4.69) is 20.8 Å². The molecule has 9 heteroatoms. The molecule has 0 spiro atoms. The van der Waals surface area contributed by atoms with Crippen LogP contribution in [0.3, 0.4) is 0 Å². The van der Waals surface area contributed by atoms with Crippen molar-refractivity contribution in [2.45, 2.75) is 18.8 Å². The number of hydrogen-bond acceptors (Lipinski definition) is 6. The van der Waals surface area contributed by atoms with Gasteiger partial charge in [0.25, 0.3) is 5.91 Å². The van der Waals surface area contributed by atoms with E-state index < -0.39 is 18.2 Å². The van der Waals surface area contributed by atoms with Gasteiger partial charge in [-0.2, -0.15) is 5.10 Å². The van der Waals surface area contributed by atoms with Gasteiger partial charge in [0.15, 0.2) is 12.2 Å². The van der Waals surface area contributed by atoms with Crippen molar-refractivity contribution in [2.24, 2.45) is 10.1 Å². The molecule has 3 amide bonds. The lowest BCUT2D eigenvalue weighted by molar-refractivity contribution is -0.127. The van der Waals surface area contributed by atoms with Crippen LogP contribution in [0.25, 0.3) is 0 Å². The fraction of sp³-hybridized carbons (Fsp3) is 0.200. The summed E-state index contributed by atoms with van der Waals surface area (Å²) in [6, 6.07) is 15.9. The zero-order valence-corrected chi connectivity index (χ0v) is 16.4. The Morgan fingerprint density at radius 3 is 2.62 bits per heavy atom. The number of hydrogen-bond donors (Lipinski definition) is 2. The molecule has 2 aliphatic heterocycles. The largest absolute Gasteiger partial charge is 0.325 e. The molecule has 0 bridgehead atoms. The summed E-state index contributed by atoms with van der Waals surface area (Å²) in [5.41, 5.74) is 4.79. The first-order valence-electron chi connectivity index (χ1n) is 9.03. The summed E-state index contributed by atoms with van der Waals surface area (Å²) in [5, 5.41) is 7.27. The van der Waals surface area contributed by atoms with E-state index in [1.54, 1.807) is 25.4 Å². The predicted octanol–water partition coefficient (Wildman–Crippen LogP) is 2.01. The molecule has 2 heterocycles. The molecule has 0 saturated carbocycles. The minimum absolute atomic E-state index is 0.378. The van der Waals surface area contributed by atoms with Gasteiger partial charge in [-0.25, -0.2) is 15.2 Å². The minimum Gasteiger partial charge on any atom is -0.321 e. The first-order chi connectivity index (χ1) is 14.0. The lowest BCUT2D eigenvalue weighted by Crippen LogP contribution is -2.63. The molecular formula is C20H19ClN6O2. The van der Waals surface area contributed by atoms with E-state index in [0.717, 1.165) is 11.1 Å². The Labute approximate surface area is 172 Å². The number of likely N-dealkylation sites (N-methyl/N-ethyl adjacent to an activating group) is 1. The second kappa shape index (κ2) is 7.92. The number of aliphatic imine (C=N–C) groups is 1. The molecule has 4 rings (SSSR count). The molecule has 2 unspecified atom stereocenters. The molecule has 1 saturated heterocycles. The van der Waals surface area contributed by atoms with E-state index in [9.17, 15) is 9.59 Å². The average molecular weight is 411 g/mol. The molecule has 2 aromatic carbocycles. The quantitative estimate of drug-likeness (QED) is 0.596. The number of guanidine groups is 1. The van der Waals surface area contributed by atoms with Crippen molar-refractivity contribution in [3.05, 3.63) is 70.7 Å². The first-order valence-corrected chi connectivity index (χ1v) is 9.41. The number of amides is 3. The van der Waals surface area contributed by atoms with Crippen LogP contribution in [-0.4, -0.2) is 53.2 Å². The van der Waals surface area contributed by atoms with E-state index in [1.165, 1.54) is 4.90 Å². The Kier molecular flexibility index (Phi) is 5.18. The summed E-state index contributed by atoms with van der Waals surface area (Å²) in [5.74, 6) is 0.0435. The normalized spacial score (nSPS) is 21.2. The zero-order valence-electron chi connectivity index (χ0n) is 15.6. The van der Waals surface area contributed by atoms with Crippen LogP contribution >= 0.6 is 11.6 Å². The maximum Gasteiger partial charge on any atom is 0.325 e. The number of nitrogens with one attached hydrogen (secondary N) is 2. The number of fused-ring (bicyclic) bond motifs is 1. The molecule has 2 aliphatic rings. The van der Waals surface area contributed by atoms with Crippen LogP contribution in [-0.2, 0) is 11.3 Å². The van der Waals surface area contributed by atoms with Crippen LogP contribution in [0.4, 0.5) is 4.79 Å². The predicted molar refractivity (Wildman–Crippen MR) is 110 cm³/mol. The fourth-order valence-corrected chi connectivity index (χ4v) is 3.41. The second-order valence-corrected chi connectivity index (χ2v) is 7.19. The maximum atomic E-state index is 12.6. The van der Waals surface area contributed by atoms with Crippen molar-refractivity contribution in [3.8, 4) is 0 Å². The van der Waals surface area contributed by atoms with Gasteiger partial charge in [0.2, 0.25) is 5.96 Å². The Morgan fingerprint density at radius 2 is 1.90 bits per heavy atom. The van der Waals surface area contributed by atoms with E-state index in [0.29, 0.717) is 17.5 Å². The van der Waals surface area contributed by atoms with Gasteiger partial charge in [0, 0.05) is 18.6 Å². The summed E-state index contributed by atoms with van der Waals surface area (Å²) in [6.45, 7) is 0.444. The van der Waals surface area contributed by atoms with Crippen LogP contribution in [0, 0.1) is 0 Å². The second-order valence-electron chi connectivity index (χ2n) is 6.75. The third kappa shape index (κ3) is 3.93. The Bertz CT molecular complexity index is 976. The van der Waals surface area contributed by atoms with Crippen LogP contribution in [0.5, 0.6) is 0 Å². The number of halogens is 1. The van der Waals surface area contributed by atoms with Crippen molar-refractivity contribution < 1.29 is 9.59 Å². The number of hydrazone groups is 1. The van der Waals surface area contributed by atoms with Gasteiger partial charge in [0.05, 0.1) is 6.21 Å². The molecule has 8 nitrogen and oxygen atoms in total. The monoisotopic (exact) mass is 410 g/mol.